The maximum atomic E-state index is 6.92. The zero-order valence-electron chi connectivity index (χ0n) is 11.2. The molecule has 98 valence electrons. The maximum Gasteiger partial charge on any atom is 0.0925 e. The molecule has 0 fully saturated rings. The van der Waals surface area contributed by atoms with Crippen molar-refractivity contribution in [1.82, 2.24) is 0 Å². The summed E-state index contributed by atoms with van der Waals surface area (Å²) in [6.45, 7) is 4.29. The predicted molar refractivity (Wildman–Crippen MR) is 84.6 cm³/mol. The highest BCUT2D eigenvalue weighted by Gasteiger charge is 2.03. The van der Waals surface area contributed by atoms with Crippen molar-refractivity contribution in [3.8, 4) is 0 Å². The second kappa shape index (κ2) is 6.34. The SMILES string of the molecule is Cc1ccc(C)c(Cc2ccc(N/C=C\C=N)s2)c1. The molecule has 0 bridgehead atoms. The minimum atomic E-state index is 0.980. The van der Waals surface area contributed by atoms with Crippen molar-refractivity contribution < 1.29 is 0 Å². The quantitative estimate of drug-likeness (QED) is 0.769. The Morgan fingerprint density at radius 3 is 2.84 bits per heavy atom. The fourth-order valence-corrected chi connectivity index (χ4v) is 2.82. The number of allylic oxidation sites excluding steroid dienone is 1. The molecule has 2 rings (SSSR count). The minimum absolute atomic E-state index is 0.980. The molecule has 0 aliphatic carbocycles. The average Bonchev–Trinajstić information content (AvgIpc) is 2.82. The van der Waals surface area contributed by atoms with Gasteiger partial charge in [-0.3, -0.25) is 0 Å². The van der Waals surface area contributed by atoms with Gasteiger partial charge in [0.2, 0.25) is 0 Å². The third-order valence-electron chi connectivity index (χ3n) is 2.95. The molecule has 1 aromatic heterocycles. The van der Waals surface area contributed by atoms with Gasteiger partial charge in [0.15, 0.2) is 0 Å². The van der Waals surface area contributed by atoms with Gasteiger partial charge in [0.05, 0.1) is 5.00 Å². The van der Waals surface area contributed by atoms with Gasteiger partial charge in [0.1, 0.15) is 0 Å². The predicted octanol–water partition coefficient (Wildman–Crippen LogP) is 4.53. The van der Waals surface area contributed by atoms with Gasteiger partial charge in [-0.2, -0.15) is 0 Å². The molecule has 2 nitrogen and oxygen atoms in total. The normalized spacial score (nSPS) is 10.8. The smallest absolute Gasteiger partial charge is 0.0925 e. The molecule has 2 N–H and O–H groups in total. The average molecular weight is 270 g/mol. The molecule has 0 amide bonds. The van der Waals surface area contributed by atoms with E-state index in [0.29, 0.717) is 0 Å². The highest BCUT2D eigenvalue weighted by Crippen LogP contribution is 2.25. The minimum Gasteiger partial charge on any atom is -0.353 e. The van der Waals surface area contributed by atoms with Crippen LogP contribution in [0.5, 0.6) is 0 Å². The number of thiophene rings is 1. The highest BCUT2D eigenvalue weighted by molar-refractivity contribution is 7.16. The molecule has 0 saturated carbocycles. The van der Waals surface area contributed by atoms with E-state index in [1.807, 2.05) is 0 Å². The van der Waals surface area contributed by atoms with E-state index < -0.39 is 0 Å². The Hall–Kier alpha value is -1.87. The first-order chi connectivity index (χ1) is 9.19. The van der Waals surface area contributed by atoms with Crippen LogP contribution in [0.3, 0.4) is 0 Å². The molecule has 1 aromatic carbocycles. The molecule has 0 unspecified atom stereocenters. The van der Waals surface area contributed by atoms with Crippen LogP contribution < -0.4 is 5.32 Å². The summed E-state index contributed by atoms with van der Waals surface area (Å²) in [5.74, 6) is 0. The van der Waals surface area contributed by atoms with Crippen LogP contribution in [0.1, 0.15) is 21.6 Å². The van der Waals surface area contributed by atoms with E-state index in [2.05, 4.69) is 49.5 Å². The van der Waals surface area contributed by atoms with Crippen LogP contribution in [-0.4, -0.2) is 6.21 Å². The molecule has 0 radical (unpaired) electrons. The molecule has 0 aliphatic rings. The number of hydrogen-bond donors (Lipinski definition) is 2. The Balaban J connectivity index is 2.09. The van der Waals surface area contributed by atoms with Gasteiger partial charge in [0, 0.05) is 23.7 Å². The molecule has 1 heterocycles. The molecule has 0 atom stereocenters. The molecule has 19 heavy (non-hydrogen) atoms. The summed E-state index contributed by atoms with van der Waals surface area (Å²) >= 11 is 1.76. The lowest BCUT2D eigenvalue weighted by atomic mass is 10.0. The molecule has 0 spiro atoms. The zero-order valence-corrected chi connectivity index (χ0v) is 12.1. The molecule has 3 heteroatoms. The van der Waals surface area contributed by atoms with Gasteiger partial charge < -0.3 is 10.7 Å². The second-order valence-electron chi connectivity index (χ2n) is 4.54. The summed E-state index contributed by atoms with van der Waals surface area (Å²) in [6, 6.07) is 10.8. The van der Waals surface area contributed by atoms with Crippen LogP contribution in [0.15, 0.2) is 42.6 Å². The lowest BCUT2D eigenvalue weighted by molar-refractivity contribution is 1.18. The fraction of sp³-hybridized carbons (Fsp3) is 0.188. The summed E-state index contributed by atoms with van der Waals surface area (Å²) < 4.78 is 0. The second-order valence-corrected chi connectivity index (χ2v) is 5.71. The number of hydrogen-bond acceptors (Lipinski definition) is 3. The van der Waals surface area contributed by atoms with Gasteiger partial charge in [-0.1, -0.05) is 23.8 Å². The van der Waals surface area contributed by atoms with E-state index in [4.69, 9.17) is 5.41 Å². The Kier molecular flexibility index (Phi) is 4.53. The standard InChI is InChI=1S/C16H18N2S/c1-12-4-5-13(2)14(10-12)11-15-6-7-16(19-15)18-9-3-8-17/h3-10,17-18H,11H2,1-2H3/b9-3-,17-8?. The lowest BCUT2D eigenvalue weighted by Crippen LogP contribution is -1.90. The van der Waals surface area contributed by atoms with Crippen LogP contribution in [0, 0.1) is 19.3 Å². The fourth-order valence-electron chi connectivity index (χ4n) is 1.91. The van der Waals surface area contributed by atoms with Gasteiger partial charge in [-0.05, 0) is 43.2 Å². The Labute approximate surface area is 118 Å². The molecule has 0 aliphatic heterocycles. The van der Waals surface area contributed by atoms with Crippen molar-refractivity contribution in [1.29, 1.82) is 5.41 Å². The van der Waals surface area contributed by atoms with Crippen molar-refractivity contribution in [2.45, 2.75) is 20.3 Å². The van der Waals surface area contributed by atoms with E-state index in [1.54, 1.807) is 23.6 Å². The van der Waals surface area contributed by atoms with Crippen molar-refractivity contribution in [3.63, 3.8) is 0 Å². The first-order valence-corrected chi connectivity index (χ1v) is 7.07. The van der Waals surface area contributed by atoms with Crippen LogP contribution in [-0.2, 0) is 6.42 Å². The van der Waals surface area contributed by atoms with Crippen LogP contribution >= 0.6 is 11.3 Å². The third kappa shape index (κ3) is 3.80. The maximum absolute atomic E-state index is 6.92. The third-order valence-corrected chi connectivity index (χ3v) is 3.97. The Bertz CT molecular complexity index is 597. The van der Waals surface area contributed by atoms with E-state index in [0.717, 1.165) is 11.4 Å². The lowest BCUT2D eigenvalue weighted by Gasteiger charge is -2.05. The van der Waals surface area contributed by atoms with Gasteiger partial charge in [-0.25, -0.2) is 0 Å². The zero-order chi connectivity index (χ0) is 13.7. The molecule has 0 saturated heterocycles. The van der Waals surface area contributed by atoms with Crippen LogP contribution in [0.25, 0.3) is 0 Å². The van der Waals surface area contributed by atoms with Crippen LogP contribution in [0.2, 0.25) is 0 Å². The Morgan fingerprint density at radius 1 is 1.21 bits per heavy atom. The number of rotatable bonds is 5. The first kappa shape index (κ1) is 13.6. The van der Waals surface area contributed by atoms with Crippen molar-refractivity contribution in [2.75, 3.05) is 5.32 Å². The Morgan fingerprint density at radius 2 is 2.05 bits per heavy atom. The topological polar surface area (TPSA) is 35.9 Å². The number of benzene rings is 1. The number of aryl methyl sites for hydroxylation is 2. The molecular formula is C16H18N2S. The van der Waals surface area contributed by atoms with Gasteiger partial charge in [-0.15, -0.1) is 11.3 Å². The summed E-state index contributed by atoms with van der Waals surface area (Å²) in [5, 5.41) is 11.2. The van der Waals surface area contributed by atoms with Crippen LogP contribution in [0.4, 0.5) is 5.00 Å². The largest absolute Gasteiger partial charge is 0.353 e. The summed E-state index contributed by atoms with van der Waals surface area (Å²) in [5.41, 5.74) is 4.05. The van der Waals surface area contributed by atoms with E-state index in [1.165, 1.54) is 27.8 Å². The number of nitrogens with one attached hydrogen (secondary N) is 2. The monoisotopic (exact) mass is 270 g/mol. The molecular weight excluding hydrogens is 252 g/mol. The van der Waals surface area contributed by atoms with E-state index >= 15 is 0 Å². The highest BCUT2D eigenvalue weighted by atomic mass is 32.1. The van der Waals surface area contributed by atoms with Gasteiger partial charge in [0.25, 0.3) is 0 Å². The summed E-state index contributed by atoms with van der Waals surface area (Å²) in [7, 11) is 0. The van der Waals surface area contributed by atoms with Crippen molar-refractivity contribution in [3.05, 3.63) is 64.2 Å². The van der Waals surface area contributed by atoms with Gasteiger partial charge >= 0.3 is 0 Å². The van der Waals surface area contributed by atoms with Crippen molar-refractivity contribution in [2.24, 2.45) is 0 Å². The van der Waals surface area contributed by atoms with Crippen molar-refractivity contribution >= 4 is 22.6 Å². The van der Waals surface area contributed by atoms with E-state index in [-0.39, 0.29) is 0 Å². The first-order valence-electron chi connectivity index (χ1n) is 6.26. The molecule has 2 aromatic rings. The summed E-state index contributed by atoms with van der Waals surface area (Å²) in [6.07, 6.45) is 5.69. The van der Waals surface area contributed by atoms with E-state index in [9.17, 15) is 0 Å². The summed E-state index contributed by atoms with van der Waals surface area (Å²) in [4.78, 5) is 1.35. The number of anilines is 1.